The van der Waals surface area contributed by atoms with E-state index in [4.69, 9.17) is 15.9 Å². The lowest BCUT2D eigenvalue weighted by Crippen LogP contribution is -2.50. The van der Waals surface area contributed by atoms with Gasteiger partial charge in [-0.3, -0.25) is 0 Å². The van der Waals surface area contributed by atoms with Crippen LogP contribution in [0, 0.1) is 0 Å². The van der Waals surface area contributed by atoms with Gasteiger partial charge in [0.2, 0.25) is 0 Å². The lowest BCUT2D eigenvalue weighted by molar-refractivity contribution is 0.334. The van der Waals surface area contributed by atoms with Crippen LogP contribution in [0.3, 0.4) is 0 Å². The Kier molecular flexibility index (Phi) is 4.89. The van der Waals surface area contributed by atoms with Crippen LogP contribution in [0.5, 0.6) is 0 Å². The first-order valence-electron chi connectivity index (χ1n) is 3.72. The highest BCUT2D eigenvalue weighted by atomic mass is 28.3. The zero-order valence-electron chi connectivity index (χ0n) is 7.00. The summed E-state index contributed by atoms with van der Waals surface area (Å²) in [6.07, 6.45) is 0. The molecule has 0 saturated carbocycles. The summed E-state index contributed by atoms with van der Waals surface area (Å²) in [5.41, 5.74) is 11.4. The molecule has 3 atom stereocenters. The van der Waals surface area contributed by atoms with Gasteiger partial charge in [-0.1, -0.05) is 0 Å². The van der Waals surface area contributed by atoms with Crippen LogP contribution in [0.25, 0.3) is 0 Å². The van der Waals surface area contributed by atoms with E-state index in [1.807, 2.05) is 13.8 Å². The number of rotatable bonds is 4. The molecule has 62 valence electrons. The molecule has 0 aromatic heterocycles. The van der Waals surface area contributed by atoms with Crippen LogP contribution < -0.4 is 11.5 Å². The second-order valence-electron chi connectivity index (χ2n) is 2.60. The average Bonchev–Trinajstić information content (AvgIpc) is 1.87. The predicted molar refractivity (Wildman–Crippen MR) is 46.3 cm³/mol. The van der Waals surface area contributed by atoms with Gasteiger partial charge in [0.25, 0.3) is 0 Å². The number of nitrogens with two attached hydrogens (primary N) is 2. The first-order valence-corrected chi connectivity index (χ1v) is 6.01. The minimum atomic E-state index is -1.20. The van der Waals surface area contributed by atoms with Gasteiger partial charge < -0.3 is 15.9 Å². The topological polar surface area (TPSA) is 61.3 Å². The maximum atomic E-state index is 5.76. The molecule has 0 fully saturated rings. The predicted octanol–water partition coefficient (Wildman–Crippen LogP) is -0.410. The molecule has 0 rings (SSSR count). The molecule has 0 spiro atoms. The van der Waals surface area contributed by atoms with E-state index in [2.05, 4.69) is 6.55 Å². The van der Waals surface area contributed by atoms with Gasteiger partial charge in [0.1, 0.15) is 0 Å². The lowest BCUT2D eigenvalue weighted by atomic mass is 10.4. The Morgan fingerprint density at radius 3 is 2.30 bits per heavy atom. The monoisotopic (exact) mass is 162 g/mol. The summed E-state index contributed by atoms with van der Waals surface area (Å²) in [5.74, 6) is 0. The van der Waals surface area contributed by atoms with Crippen molar-refractivity contribution in [2.24, 2.45) is 11.5 Å². The molecule has 0 heterocycles. The quantitative estimate of drug-likeness (QED) is 0.552. The number of hydrogen-bond acceptors (Lipinski definition) is 3. The van der Waals surface area contributed by atoms with Crippen LogP contribution in [0.4, 0.5) is 0 Å². The summed E-state index contributed by atoms with van der Waals surface area (Å²) in [7, 11) is -1.20. The fourth-order valence-electron chi connectivity index (χ4n) is 0.801. The van der Waals surface area contributed by atoms with Gasteiger partial charge in [-0.15, -0.1) is 0 Å². The Hall–Kier alpha value is 0.0969. The highest BCUT2D eigenvalue weighted by molar-refractivity contribution is 6.52. The van der Waals surface area contributed by atoms with Crippen molar-refractivity contribution in [3.05, 3.63) is 0 Å². The van der Waals surface area contributed by atoms with E-state index in [1.54, 1.807) is 0 Å². The van der Waals surface area contributed by atoms with Gasteiger partial charge in [-0.2, -0.15) is 0 Å². The minimum absolute atomic E-state index is 0.0632. The molecule has 0 aliphatic heterocycles. The highest BCUT2D eigenvalue weighted by Crippen LogP contribution is 1.94. The lowest BCUT2D eigenvalue weighted by Gasteiger charge is -2.21. The van der Waals surface area contributed by atoms with Gasteiger partial charge in [-0.05, 0) is 20.4 Å². The summed E-state index contributed by atoms with van der Waals surface area (Å²) < 4.78 is 5.40. The first kappa shape index (κ1) is 10.1. The van der Waals surface area contributed by atoms with Crippen LogP contribution in [-0.4, -0.2) is 27.4 Å². The molecule has 3 unspecified atom stereocenters. The van der Waals surface area contributed by atoms with E-state index in [0.717, 1.165) is 6.61 Å². The summed E-state index contributed by atoms with van der Waals surface area (Å²) >= 11 is 0. The van der Waals surface area contributed by atoms with E-state index in [9.17, 15) is 0 Å². The molecule has 3 nitrogen and oxygen atoms in total. The van der Waals surface area contributed by atoms with Gasteiger partial charge in [-0.25, -0.2) is 0 Å². The second kappa shape index (κ2) is 4.84. The molecule has 4 heteroatoms. The minimum Gasteiger partial charge on any atom is -0.419 e. The molecule has 0 saturated heterocycles. The van der Waals surface area contributed by atoms with Gasteiger partial charge in [0.15, 0.2) is 9.04 Å². The third-order valence-electron chi connectivity index (χ3n) is 1.58. The highest BCUT2D eigenvalue weighted by Gasteiger charge is 2.18. The normalized spacial score (nSPS) is 20.1. The van der Waals surface area contributed by atoms with Crippen LogP contribution in [0.1, 0.15) is 13.8 Å². The Morgan fingerprint density at radius 2 is 2.00 bits per heavy atom. The van der Waals surface area contributed by atoms with Crippen LogP contribution in [0.2, 0.25) is 6.55 Å². The Labute approximate surface area is 64.5 Å². The van der Waals surface area contributed by atoms with Crippen molar-refractivity contribution in [2.45, 2.75) is 32.1 Å². The molecule has 0 aliphatic rings. The smallest absolute Gasteiger partial charge is 0.191 e. The van der Waals surface area contributed by atoms with E-state index >= 15 is 0 Å². The summed E-state index contributed by atoms with van der Waals surface area (Å²) in [6.45, 7) is 6.75. The molecule has 0 aliphatic carbocycles. The van der Waals surface area contributed by atoms with Crippen molar-refractivity contribution in [2.75, 3.05) is 6.61 Å². The van der Waals surface area contributed by atoms with Gasteiger partial charge in [0.05, 0.1) is 0 Å². The third kappa shape index (κ3) is 3.31. The largest absolute Gasteiger partial charge is 0.419 e. The molecule has 4 N–H and O–H groups in total. The van der Waals surface area contributed by atoms with Crippen molar-refractivity contribution in [3.8, 4) is 0 Å². The molecular formula is C6H18N2OSi. The van der Waals surface area contributed by atoms with Crippen molar-refractivity contribution < 1.29 is 4.43 Å². The fourth-order valence-corrected chi connectivity index (χ4v) is 2.40. The Balaban J connectivity index is 3.58. The third-order valence-corrected chi connectivity index (χ3v) is 4.13. The molecule has 0 aromatic rings. The van der Waals surface area contributed by atoms with Gasteiger partial charge in [0, 0.05) is 18.3 Å². The average molecular weight is 162 g/mol. The van der Waals surface area contributed by atoms with E-state index in [1.165, 1.54) is 0 Å². The Bertz CT molecular complexity index is 89.8. The maximum absolute atomic E-state index is 5.76. The van der Waals surface area contributed by atoms with Crippen molar-refractivity contribution in [3.63, 3.8) is 0 Å². The van der Waals surface area contributed by atoms with E-state index in [0.29, 0.717) is 0 Å². The second-order valence-corrected chi connectivity index (χ2v) is 5.11. The first-order chi connectivity index (χ1) is 4.59. The molecule has 10 heavy (non-hydrogen) atoms. The van der Waals surface area contributed by atoms with Crippen LogP contribution in [-0.2, 0) is 4.43 Å². The van der Waals surface area contributed by atoms with Crippen molar-refractivity contribution in [1.82, 2.24) is 0 Å². The summed E-state index contributed by atoms with van der Waals surface area (Å²) in [5, 5.41) is 0. The van der Waals surface area contributed by atoms with Gasteiger partial charge >= 0.3 is 0 Å². The standard InChI is InChI=1S/C6H18N2OSi/c1-4-9-10(3)6(8)5(2)7/h5-6,10H,4,7-8H2,1-3H3. The molecular weight excluding hydrogens is 144 g/mol. The maximum Gasteiger partial charge on any atom is 0.191 e. The molecule has 0 amide bonds. The van der Waals surface area contributed by atoms with Crippen molar-refractivity contribution in [1.29, 1.82) is 0 Å². The summed E-state index contributed by atoms with van der Waals surface area (Å²) in [4.78, 5) is 0. The number of hydrogen-bond donors (Lipinski definition) is 2. The zero-order chi connectivity index (χ0) is 8.15. The SMILES string of the molecule is CCO[SiH](C)C(N)C(C)N. The fraction of sp³-hybridized carbons (Fsp3) is 1.00. The van der Waals surface area contributed by atoms with E-state index < -0.39 is 9.04 Å². The Morgan fingerprint density at radius 1 is 1.50 bits per heavy atom. The van der Waals surface area contributed by atoms with Crippen LogP contribution in [0.15, 0.2) is 0 Å². The molecule has 0 aromatic carbocycles. The summed E-state index contributed by atoms with van der Waals surface area (Å²) in [6, 6.07) is 0.0632. The van der Waals surface area contributed by atoms with E-state index in [-0.39, 0.29) is 11.7 Å². The molecule has 0 radical (unpaired) electrons. The van der Waals surface area contributed by atoms with Crippen molar-refractivity contribution >= 4 is 9.04 Å². The molecule has 0 bridgehead atoms. The van der Waals surface area contributed by atoms with Crippen LogP contribution >= 0.6 is 0 Å². The zero-order valence-corrected chi connectivity index (χ0v) is 8.16.